The third kappa shape index (κ3) is 7.16. The molecule has 0 fully saturated rings. The zero-order valence-electron chi connectivity index (χ0n) is 14.8. The number of ether oxygens (including phenoxy) is 2. The maximum absolute atomic E-state index is 5.41. The molecule has 0 radical (unpaired) electrons. The van der Waals surface area contributed by atoms with Crippen LogP contribution in [0.2, 0.25) is 0 Å². The molecule has 1 aromatic heterocycles. The molecule has 2 rings (SSSR count). The zero-order valence-corrected chi connectivity index (χ0v) is 17.1. The Balaban J connectivity index is 0.00000312. The molecular formula is C18H25IN4O2. The molecular weight excluding hydrogens is 431 g/mol. The van der Waals surface area contributed by atoms with Crippen molar-refractivity contribution in [3.63, 3.8) is 0 Å². The first kappa shape index (κ1) is 21.0. The van der Waals surface area contributed by atoms with E-state index in [0.29, 0.717) is 25.6 Å². The van der Waals surface area contributed by atoms with Crippen molar-refractivity contribution in [2.75, 3.05) is 20.8 Å². The summed E-state index contributed by atoms with van der Waals surface area (Å²) < 4.78 is 10.6. The number of methoxy groups -OCH3 is 1. The Morgan fingerprint density at radius 1 is 1.12 bits per heavy atom. The minimum atomic E-state index is 0. The fourth-order valence-electron chi connectivity index (χ4n) is 2.16. The fourth-order valence-corrected chi connectivity index (χ4v) is 2.16. The van der Waals surface area contributed by atoms with Crippen molar-refractivity contribution in [1.82, 2.24) is 15.6 Å². The van der Waals surface area contributed by atoms with Gasteiger partial charge in [-0.3, -0.25) is 4.99 Å². The van der Waals surface area contributed by atoms with Gasteiger partial charge < -0.3 is 20.1 Å². The fraction of sp³-hybridized carbons (Fsp3) is 0.333. The SMILES string of the molecule is CCOc1cc(CNC(=NC)NCc2cccc(OC)c2)ccn1.I. The van der Waals surface area contributed by atoms with Gasteiger partial charge in [-0.2, -0.15) is 0 Å². The number of pyridine rings is 1. The van der Waals surface area contributed by atoms with Gasteiger partial charge in [0.05, 0.1) is 13.7 Å². The molecule has 1 heterocycles. The monoisotopic (exact) mass is 456 g/mol. The van der Waals surface area contributed by atoms with E-state index in [2.05, 4.69) is 20.6 Å². The van der Waals surface area contributed by atoms with Crippen molar-refractivity contribution >= 4 is 29.9 Å². The maximum atomic E-state index is 5.41. The number of hydrogen-bond donors (Lipinski definition) is 2. The lowest BCUT2D eigenvalue weighted by molar-refractivity contribution is 0.326. The standard InChI is InChI=1S/C18H24N4O2.HI/c1-4-24-17-11-15(8-9-20-17)13-22-18(19-2)21-12-14-6-5-7-16(10-14)23-3;/h5-11H,4,12-13H2,1-3H3,(H2,19,21,22);1H. The molecule has 6 nitrogen and oxygen atoms in total. The number of guanidine groups is 1. The largest absolute Gasteiger partial charge is 0.497 e. The molecule has 0 aliphatic carbocycles. The Morgan fingerprint density at radius 3 is 2.48 bits per heavy atom. The number of rotatable bonds is 7. The van der Waals surface area contributed by atoms with Crippen LogP contribution >= 0.6 is 24.0 Å². The van der Waals surface area contributed by atoms with Crippen molar-refractivity contribution in [1.29, 1.82) is 0 Å². The van der Waals surface area contributed by atoms with Crippen LogP contribution in [0.3, 0.4) is 0 Å². The summed E-state index contributed by atoms with van der Waals surface area (Å²) in [7, 11) is 3.41. The van der Waals surface area contributed by atoms with Crippen LogP contribution in [0.15, 0.2) is 47.6 Å². The minimum absolute atomic E-state index is 0. The summed E-state index contributed by atoms with van der Waals surface area (Å²) >= 11 is 0. The molecule has 0 spiro atoms. The van der Waals surface area contributed by atoms with E-state index in [0.717, 1.165) is 22.8 Å². The van der Waals surface area contributed by atoms with E-state index >= 15 is 0 Å². The van der Waals surface area contributed by atoms with Crippen molar-refractivity contribution < 1.29 is 9.47 Å². The van der Waals surface area contributed by atoms with E-state index in [9.17, 15) is 0 Å². The van der Waals surface area contributed by atoms with Crippen LogP contribution in [0.1, 0.15) is 18.1 Å². The van der Waals surface area contributed by atoms with Crippen LogP contribution in [0.4, 0.5) is 0 Å². The lowest BCUT2D eigenvalue weighted by Crippen LogP contribution is -2.36. The van der Waals surface area contributed by atoms with Gasteiger partial charge in [0.25, 0.3) is 0 Å². The average molecular weight is 456 g/mol. The molecule has 7 heteroatoms. The second-order valence-electron chi connectivity index (χ2n) is 5.07. The summed E-state index contributed by atoms with van der Waals surface area (Å²) in [5, 5.41) is 6.56. The minimum Gasteiger partial charge on any atom is -0.497 e. The van der Waals surface area contributed by atoms with Crippen LogP contribution in [0.5, 0.6) is 11.6 Å². The average Bonchev–Trinajstić information content (AvgIpc) is 2.62. The van der Waals surface area contributed by atoms with E-state index in [4.69, 9.17) is 9.47 Å². The number of hydrogen-bond acceptors (Lipinski definition) is 4. The summed E-state index contributed by atoms with van der Waals surface area (Å²) in [6.07, 6.45) is 1.74. The molecule has 0 saturated carbocycles. The molecule has 0 bridgehead atoms. The van der Waals surface area contributed by atoms with E-state index < -0.39 is 0 Å². The highest BCUT2D eigenvalue weighted by Gasteiger charge is 2.02. The van der Waals surface area contributed by atoms with Gasteiger partial charge in [0, 0.05) is 32.4 Å². The number of nitrogens with zero attached hydrogens (tertiary/aromatic N) is 2. The van der Waals surface area contributed by atoms with Crippen LogP contribution in [-0.4, -0.2) is 31.7 Å². The predicted octanol–water partition coefficient (Wildman–Crippen LogP) is 2.97. The quantitative estimate of drug-likeness (QED) is 0.381. The van der Waals surface area contributed by atoms with Gasteiger partial charge in [-0.05, 0) is 36.2 Å². The summed E-state index contributed by atoms with van der Waals surface area (Å²) in [5.74, 6) is 2.21. The van der Waals surface area contributed by atoms with Crippen LogP contribution in [0.25, 0.3) is 0 Å². The predicted molar refractivity (Wildman–Crippen MR) is 111 cm³/mol. The van der Waals surface area contributed by atoms with Gasteiger partial charge in [0.2, 0.25) is 5.88 Å². The third-order valence-corrected chi connectivity index (χ3v) is 3.37. The van der Waals surface area contributed by atoms with Gasteiger partial charge in [0.1, 0.15) is 5.75 Å². The van der Waals surface area contributed by atoms with E-state index in [1.165, 1.54) is 0 Å². The Labute approximate surface area is 166 Å². The summed E-state index contributed by atoms with van der Waals surface area (Å²) in [4.78, 5) is 8.40. The number of nitrogens with one attached hydrogen (secondary N) is 2. The normalized spacial score (nSPS) is 10.6. The molecule has 25 heavy (non-hydrogen) atoms. The van der Waals surface area contributed by atoms with Crippen molar-refractivity contribution in [3.8, 4) is 11.6 Å². The Morgan fingerprint density at radius 2 is 1.84 bits per heavy atom. The molecule has 136 valence electrons. The highest BCUT2D eigenvalue weighted by atomic mass is 127. The maximum Gasteiger partial charge on any atom is 0.213 e. The second kappa shape index (κ2) is 11.5. The second-order valence-corrected chi connectivity index (χ2v) is 5.07. The Bertz CT molecular complexity index is 680. The van der Waals surface area contributed by atoms with Crippen LogP contribution in [0, 0.1) is 0 Å². The first-order valence-electron chi connectivity index (χ1n) is 7.90. The molecule has 1 aromatic carbocycles. The molecule has 0 unspecified atom stereocenters. The molecule has 0 saturated heterocycles. The molecule has 0 atom stereocenters. The summed E-state index contributed by atoms with van der Waals surface area (Å²) in [6.45, 7) is 3.85. The highest BCUT2D eigenvalue weighted by molar-refractivity contribution is 14.0. The van der Waals surface area contributed by atoms with Crippen LogP contribution < -0.4 is 20.1 Å². The smallest absolute Gasteiger partial charge is 0.213 e. The zero-order chi connectivity index (χ0) is 17.2. The highest BCUT2D eigenvalue weighted by Crippen LogP contribution is 2.12. The van der Waals surface area contributed by atoms with Crippen LogP contribution in [-0.2, 0) is 13.1 Å². The number of halogens is 1. The molecule has 0 aliphatic heterocycles. The first-order chi connectivity index (χ1) is 11.7. The molecule has 2 aromatic rings. The summed E-state index contributed by atoms with van der Waals surface area (Å²) in [5.41, 5.74) is 2.21. The molecule has 2 N–H and O–H groups in total. The van der Waals surface area contributed by atoms with Crippen molar-refractivity contribution in [3.05, 3.63) is 53.7 Å². The lowest BCUT2D eigenvalue weighted by atomic mass is 10.2. The van der Waals surface area contributed by atoms with E-state index in [1.54, 1.807) is 20.4 Å². The Hall–Kier alpha value is -2.03. The van der Waals surface area contributed by atoms with Gasteiger partial charge in [0.15, 0.2) is 5.96 Å². The summed E-state index contributed by atoms with van der Waals surface area (Å²) in [6, 6.07) is 11.8. The van der Waals surface area contributed by atoms with E-state index in [1.807, 2.05) is 43.3 Å². The molecule has 0 aliphatic rings. The topological polar surface area (TPSA) is 67.8 Å². The van der Waals surface area contributed by atoms with Gasteiger partial charge in [-0.1, -0.05) is 12.1 Å². The number of aromatic nitrogens is 1. The lowest BCUT2D eigenvalue weighted by Gasteiger charge is -2.13. The first-order valence-corrected chi connectivity index (χ1v) is 7.90. The van der Waals surface area contributed by atoms with Crippen molar-refractivity contribution in [2.45, 2.75) is 20.0 Å². The molecule has 0 amide bonds. The van der Waals surface area contributed by atoms with Gasteiger partial charge >= 0.3 is 0 Å². The van der Waals surface area contributed by atoms with E-state index in [-0.39, 0.29) is 24.0 Å². The Kier molecular flexibility index (Phi) is 9.68. The third-order valence-electron chi connectivity index (χ3n) is 3.37. The van der Waals surface area contributed by atoms with Crippen molar-refractivity contribution in [2.24, 2.45) is 4.99 Å². The number of aliphatic imine (C=N–C) groups is 1. The van der Waals surface area contributed by atoms with Gasteiger partial charge in [-0.25, -0.2) is 4.98 Å². The van der Waals surface area contributed by atoms with Gasteiger partial charge in [-0.15, -0.1) is 24.0 Å². The number of benzene rings is 1.